The second-order valence-electron chi connectivity index (χ2n) is 5.63. The third-order valence-corrected chi connectivity index (χ3v) is 4.80. The number of halogens is 2. The van der Waals surface area contributed by atoms with Crippen LogP contribution in [0, 0.1) is 0 Å². The van der Waals surface area contributed by atoms with Crippen LogP contribution < -0.4 is 11.1 Å². The summed E-state index contributed by atoms with van der Waals surface area (Å²) in [7, 11) is 1.97. The molecule has 0 radical (unpaired) electrons. The average Bonchev–Trinajstić information content (AvgIpc) is 2.44. The molecule has 1 aliphatic carbocycles. The van der Waals surface area contributed by atoms with E-state index in [0.29, 0.717) is 34.4 Å². The summed E-state index contributed by atoms with van der Waals surface area (Å²) in [5, 5.41) is 3.62. The fourth-order valence-corrected chi connectivity index (χ4v) is 3.04. The van der Waals surface area contributed by atoms with Crippen molar-refractivity contribution < 1.29 is 4.79 Å². The third kappa shape index (κ3) is 4.58. The number of nitrogens with zero attached hydrogens (tertiary/aromatic N) is 1. The maximum Gasteiger partial charge on any atom is 0.238 e. The number of carbonyl (C=O) groups is 1. The largest absolute Gasteiger partial charge is 0.328 e. The molecule has 0 bridgehead atoms. The first kappa shape index (κ1) is 16.6. The number of nitrogens with one attached hydrogen (secondary N) is 1. The van der Waals surface area contributed by atoms with Crippen LogP contribution in [0.25, 0.3) is 0 Å². The lowest BCUT2D eigenvalue weighted by molar-refractivity contribution is -0.117. The van der Waals surface area contributed by atoms with E-state index in [2.05, 4.69) is 10.2 Å². The van der Waals surface area contributed by atoms with Gasteiger partial charge in [0.2, 0.25) is 5.91 Å². The molecule has 0 heterocycles. The average molecular weight is 330 g/mol. The van der Waals surface area contributed by atoms with Gasteiger partial charge in [-0.25, -0.2) is 0 Å². The van der Waals surface area contributed by atoms with Crippen molar-refractivity contribution in [2.75, 3.05) is 18.9 Å². The summed E-state index contributed by atoms with van der Waals surface area (Å²) >= 11 is 12.0. The third-order valence-electron chi connectivity index (χ3n) is 3.98. The summed E-state index contributed by atoms with van der Waals surface area (Å²) < 4.78 is 0. The van der Waals surface area contributed by atoms with E-state index >= 15 is 0 Å². The van der Waals surface area contributed by atoms with E-state index < -0.39 is 0 Å². The minimum atomic E-state index is -0.0865. The van der Waals surface area contributed by atoms with Crippen LogP contribution in [0.15, 0.2) is 18.2 Å². The molecule has 1 aliphatic rings. The van der Waals surface area contributed by atoms with Gasteiger partial charge < -0.3 is 11.1 Å². The molecule has 2 rings (SSSR count). The van der Waals surface area contributed by atoms with Gasteiger partial charge in [-0.15, -0.1) is 0 Å². The molecule has 0 atom stereocenters. The van der Waals surface area contributed by atoms with Gasteiger partial charge in [0, 0.05) is 12.1 Å². The molecule has 1 aromatic carbocycles. The van der Waals surface area contributed by atoms with E-state index in [4.69, 9.17) is 28.9 Å². The zero-order chi connectivity index (χ0) is 15.4. The van der Waals surface area contributed by atoms with Crippen molar-refractivity contribution in [3.8, 4) is 0 Å². The fraction of sp³-hybridized carbons (Fsp3) is 0.533. The van der Waals surface area contributed by atoms with Crippen LogP contribution in [0.2, 0.25) is 10.0 Å². The van der Waals surface area contributed by atoms with Gasteiger partial charge in [-0.3, -0.25) is 9.69 Å². The summed E-state index contributed by atoms with van der Waals surface area (Å²) in [4.78, 5) is 14.2. The Hall–Kier alpha value is -0.810. The molecule has 0 aliphatic heterocycles. The van der Waals surface area contributed by atoms with E-state index in [1.165, 1.54) is 0 Å². The Morgan fingerprint density at radius 3 is 2.67 bits per heavy atom. The van der Waals surface area contributed by atoms with Gasteiger partial charge in [0.15, 0.2) is 0 Å². The molecule has 116 valence electrons. The topological polar surface area (TPSA) is 58.4 Å². The van der Waals surface area contributed by atoms with Crippen molar-refractivity contribution in [1.82, 2.24) is 4.90 Å². The molecule has 0 spiro atoms. The standard InChI is InChI=1S/C15H21Cl2N3O/c1-20(11-7-5-10(18)6-8-11)9-14(21)19-13-4-2-3-12(16)15(13)17/h2-4,10-11H,5-9,18H2,1H3,(H,19,21). The zero-order valence-corrected chi connectivity index (χ0v) is 13.6. The maximum absolute atomic E-state index is 12.1. The molecule has 21 heavy (non-hydrogen) atoms. The summed E-state index contributed by atoms with van der Waals surface area (Å²) in [6.07, 6.45) is 4.14. The Morgan fingerprint density at radius 1 is 1.33 bits per heavy atom. The minimum absolute atomic E-state index is 0.0865. The number of hydrogen-bond donors (Lipinski definition) is 2. The molecule has 0 aromatic heterocycles. The normalized spacial score (nSPS) is 22.3. The van der Waals surface area contributed by atoms with Crippen LogP contribution in [0.5, 0.6) is 0 Å². The van der Waals surface area contributed by atoms with Gasteiger partial charge >= 0.3 is 0 Å². The highest BCUT2D eigenvalue weighted by Gasteiger charge is 2.23. The molecular formula is C15H21Cl2N3O. The fourth-order valence-electron chi connectivity index (χ4n) is 2.69. The van der Waals surface area contributed by atoms with Crippen LogP contribution in [0.1, 0.15) is 25.7 Å². The predicted molar refractivity (Wildman–Crippen MR) is 88.0 cm³/mol. The minimum Gasteiger partial charge on any atom is -0.328 e. The van der Waals surface area contributed by atoms with Crippen LogP contribution >= 0.6 is 23.2 Å². The highest BCUT2D eigenvalue weighted by atomic mass is 35.5. The van der Waals surface area contributed by atoms with Crippen LogP contribution in [0.4, 0.5) is 5.69 Å². The lowest BCUT2D eigenvalue weighted by Gasteiger charge is -2.33. The quantitative estimate of drug-likeness (QED) is 0.892. The maximum atomic E-state index is 12.1. The Bertz CT molecular complexity index is 502. The van der Waals surface area contributed by atoms with E-state index in [9.17, 15) is 4.79 Å². The Balaban J connectivity index is 1.88. The Kier molecular flexibility index (Phi) is 5.88. The highest BCUT2D eigenvalue weighted by molar-refractivity contribution is 6.43. The Labute approximate surface area is 135 Å². The summed E-state index contributed by atoms with van der Waals surface area (Å²) in [5.41, 5.74) is 6.46. The molecule has 3 N–H and O–H groups in total. The molecule has 0 unspecified atom stereocenters. The number of amides is 1. The number of nitrogens with two attached hydrogens (primary N) is 1. The lowest BCUT2D eigenvalue weighted by atomic mass is 9.91. The van der Waals surface area contributed by atoms with Gasteiger partial charge in [0.05, 0.1) is 22.3 Å². The van der Waals surface area contributed by atoms with E-state index in [1.807, 2.05) is 7.05 Å². The lowest BCUT2D eigenvalue weighted by Crippen LogP contribution is -2.42. The van der Waals surface area contributed by atoms with Crippen molar-refractivity contribution in [3.05, 3.63) is 28.2 Å². The van der Waals surface area contributed by atoms with Gasteiger partial charge in [0.25, 0.3) is 0 Å². The molecule has 1 amide bonds. The molecule has 1 fully saturated rings. The second kappa shape index (κ2) is 7.45. The molecule has 1 saturated carbocycles. The number of carbonyl (C=O) groups excluding carboxylic acids is 1. The van der Waals surface area contributed by atoms with Gasteiger partial charge in [0.1, 0.15) is 0 Å². The number of hydrogen-bond acceptors (Lipinski definition) is 3. The predicted octanol–water partition coefficient (Wildman–Crippen LogP) is 3.13. The number of anilines is 1. The van der Waals surface area contributed by atoms with Crippen LogP contribution in [-0.4, -0.2) is 36.5 Å². The van der Waals surface area contributed by atoms with Crippen LogP contribution in [0.3, 0.4) is 0 Å². The van der Waals surface area contributed by atoms with Gasteiger partial charge in [-0.2, -0.15) is 0 Å². The monoisotopic (exact) mass is 329 g/mol. The summed E-state index contributed by atoms with van der Waals surface area (Å²) in [6.45, 7) is 0.336. The van der Waals surface area contributed by atoms with Crippen LogP contribution in [-0.2, 0) is 4.79 Å². The first-order valence-electron chi connectivity index (χ1n) is 7.17. The smallest absolute Gasteiger partial charge is 0.238 e. The first-order valence-corrected chi connectivity index (χ1v) is 7.92. The molecule has 0 saturated heterocycles. The van der Waals surface area contributed by atoms with Crippen molar-refractivity contribution >= 4 is 34.8 Å². The van der Waals surface area contributed by atoms with Crippen molar-refractivity contribution in [3.63, 3.8) is 0 Å². The molecular weight excluding hydrogens is 309 g/mol. The SMILES string of the molecule is CN(CC(=O)Nc1cccc(Cl)c1Cl)C1CCC(N)CC1. The van der Waals surface area contributed by atoms with Gasteiger partial charge in [-0.05, 0) is 44.9 Å². The molecule has 4 nitrogen and oxygen atoms in total. The first-order chi connectivity index (χ1) is 9.97. The summed E-state index contributed by atoms with van der Waals surface area (Å²) in [5.74, 6) is -0.0865. The zero-order valence-electron chi connectivity index (χ0n) is 12.1. The van der Waals surface area contributed by atoms with E-state index in [1.54, 1.807) is 18.2 Å². The molecule has 6 heteroatoms. The van der Waals surface area contributed by atoms with Crippen molar-refractivity contribution in [2.45, 2.75) is 37.8 Å². The van der Waals surface area contributed by atoms with E-state index in [0.717, 1.165) is 25.7 Å². The van der Waals surface area contributed by atoms with Crippen molar-refractivity contribution in [2.24, 2.45) is 5.73 Å². The van der Waals surface area contributed by atoms with Gasteiger partial charge in [-0.1, -0.05) is 29.3 Å². The second-order valence-corrected chi connectivity index (χ2v) is 6.42. The number of likely N-dealkylation sites (N-methyl/N-ethyl adjacent to an activating group) is 1. The van der Waals surface area contributed by atoms with Crippen molar-refractivity contribution in [1.29, 1.82) is 0 Å². The number of benzene rings is 1. The summed E-state index contributed by atoms with van der Waals surface area (Å²) in [6, 6.07) is 5.93. The Morgan fingerprint density at radius 2 is 2.00 bits per heavy atom. The highest BCUT2D eigenvalue weighted by Crippen LogP contribution is 2.29. The van der Waals surface area contributed by atoms with E-state index in [-0.39, 0.29) is 5.91 Å². The number of rotatable bonds is 4. The molecule has 1 aromatic rings.